The maximum absolute atomic E-state index is 12.7. The summed E-state index contributed by atoms with van der Waals surface area (Å²) in [4.78, 5) is 37.8. The van der Waals surface area contributed by atoms with Crippen molar-refractivity contribution in [2.24, 2.45) is 0 Å². The molecule has 0 bridgehead atoms. The second-order valence-electron chi connectivity index (χ2n) is 15.6. The summed E-state index contributed by atoms with van der Waals surface area (Å²) in [5.41, 5.74) is 0. The molecule has 0 radical (unpaired) electrons. The number of rotatable bonds is 42. The predicted octanol–water partition coefficient (Wildman–Crippen LogP) is 15.5. The number of hydrogen-bond donors (Lipinski definition) is 0. The number of carbonyl (C=O) groups excluding carboxylic acids is 3. The Hall–Kier alpha value is -3.15. The molecule has 1 unspecified atom stereocenters. The largest absolute Gasteiger partial charge is 0.462 e. The number of ether oxygens (including phenoxy) is 3. The van der Waals surface area contributed by atoms with Crippen molar-refractivity contribution in [3.63, 3.8) is 0 Å². The van der Waals surface area contributed by atoms with Gasteiger partial charge in [-0.25, -0.2) is 0 Å². The Morgan fingerprint density at radius 1 is 0.362 bits per heavy atom. The van der Waals surface area contributed by atoms with E-state index in [1.165, 1.54) is 70.6 Å². The molecular formula is C52H88O6. The van der Waals surface area contributed by atoms with E-state index >= 15 is 0 Å². The van der Waals surface area contributed by atoms with Crippen LogP contribution in [-0.2, 0) is 28.6 Å². The van der Waals surface area contributed by atoms with E-state index in [4.69, 9.17) is 14.2 Å². The summed E-state index contributed by atoms with van der Waals surface area (Å²) in [6.45, 7) is 6.34. The quantitative estimate of drug-likeness (QED) is 0.0264. The fourth-order valence-corrected chi connectivity index (χ4v) is 6.37. The van der Waals surface area contributed by atoms with Crippen molar-refractivity contribution in [3.05, 3.63) is 72.9 Å². The first-order valence-corrected chi connectivity index (χ1v) is 23.9. The van der Waals surface area contributed by atoms with Crippen LogP contribution in [0.5, 0.6) is 0 Å². The van der Waals surface area contributed by atoms with E-state index in [9.17, 15) is 14.4 Å². The summed E-state index contributed by atoms with van der Waals surface area (Å²) in [5, 5.41) is 0. The topological polar surface area (TPSA) is 78.9 Å². The van der Waals surface area contributed by atoms with E-state index in [0.717, 1.165) is 109 Å². The smallest absolute Gasteiger partial charge is 0.306 e. The molecule has 0 aromatic carbocycles. The minimum atomic E-state index is -0.800. The molecule has 332 valence electrons. The van der Waals surface area contributed by atoms with Gasteiger partial charge in [0.05, 0.1) is 0 Å². The molecule has 0 aliphatic carbocycles. The first kappa shape index (κ1) is 54.9. The SMILES string of the molecule is CC/C=C\C/C=C\C/C=C\CCCCC(=O)OCC(COC(=O)CCCCCCCCC/C=C\C/C=C\CC)OC(=O)CCCCC/C=C\CCCCCCCCC. The Morgan fingerprint density at radius 2 is 0.672 bits per heavy atom. The predicted molar refractivity (Wildman–Crippen MR) is 247 cm³/mol. The normalized spacial score (nSPS) is 12.7. The molecule has 6 heteroatoms. The molecule has 0 aliphatic rings. The lowest BCUT2D eigenvalue weighted by Gasteiger charge is -2.18. The maximum Gasteiger partial charge on any atom is 0.306 e. The second kappa shape index (κ2) is 46.5. The minimum Gasteiger partial charge on any atom is -0.462 e. The highest BCUT2D eigenvalue weighted by molar-refractivity contribution is 5.71. The van der Waals surface area contributed by atoms with E-state index in [2.05, 4.69) is 93.7 Å². The fourth-order valence-electron chi connectivity index (χ4n) is 6.37. The average Bonchev–Trinajstić information content (AvgIpc) is 3.22. The van der Waals surface area contributed by atoms with E-state index in [-0.39, 0.29) is 31.1 Å². The summed E-state index contributed by atoms with van der Waals surface area (Å²) >= 11 is 0. The van der Waals surface area contributed by atoms with Gasteiger partial charge >= 0.3 is 17.9 Å². The van der Waals surface area contributed by atoms with Crippen molar-refractivity contribution < 1.29 is 28.6 Å². The van der Waals surface area contributed by atoms with Gasteiger partial charge in [0.2, 0.25) is 0 Å². The summed E-state index contributed by atoms with van der Waals surface area (Å²) in [7, 11) is 0. The summed E-state index contributed by atoms with van der Waals surface area (Å²) in [6, 6.07) is 0. The second-order valence-corrected chi connectivity index (χ2v) is 15.6. The molecule has 0 amide bonds. The van der Waals surface area contributed by atoms with Gasteiger partial charge in [-0.15, -0.1) is 0 Å². The number of esters is 3. The summed E-state index contributed by atoms with van der Waals surface area (Å²) < 4.78 is 16.7. The minimum absolute atomic E-state index is 0.0984. The van der Waals surface area contributed by atoms with Gasteiger partial charge in [-0.05, 0) is 103 Å². The third-order valence-electron chi connectivity index (χ3n) is 9.93. The molecule has 0 aromatic heterocycles. The molecule has 1 atom stereocenters. The molecule has 0 saturated heterocycles. The van der Waals surface area contributed by atoms with Crippen LogP contribution in [0, 0.1) is 0 Å². The van der Waals surface area contributed by atoms with E-state index in [0.29, 0.717) is 19.3 Å². The average molecular weight is 809 g/mol. The monoisotopic (exact) mass is 809 g/mol. The van der Waals surface area contributed by atoms with Gasteiger partial charge in [-0.2, -0.15) is 0 Å². The molecule has 0 aromatic rings. The van der Waals surface area contributed by atoms with Gasteiger partial charge in [0.15, 0.2) is 6.10 Å². The molecule has 0 heterocycles. The third-order valence-corrected chi connectivity index (χ3v) is 9.93. The molecule has 0 fully saturated rings. The lowest BCUT2D eigenvalue weighted by Crippen LogP contribution is -2.30. The van der Waals surface area contributed by atoms with Crippen LogP contribution in [0.1, 0.15) is 220 Å². The number of hydrogen-bond acceptors (Lipinski definition) is 6. The zero-order valence-electron chi connectivity index (χ0n) is 37.8. The van der Waals surface area contributed by atoms with Crippen molar-refractivity contribution in [1.82, 2.24) is 0 Å². The van der Waals surface area contributed by atoms with Crippen LogP contribution in [-0.4, -0.2) is 37.2 Å². The number of unbranched alkanes of at least 4 members (excludes halogenated alkanes) is 19. The fraction of sp³-hybridized carbons (Fsp3) is 0.712. The van der Waals surface area contributed by atoms with Crippen LogP contribution in [0.2, 0.25) is 0 Å². The number of allylic oxidation sites excluding steroid dienone is 12. The van der Waals surface area contributed by atoms with Crippen molar-refractivity contribution in [1.29, 1.82) is 0 Å². The van der Waals surface area contributed by atoms with Crippen molar-refractivity contribution in [2.75, 3.05) is 13.2 Å². The molecule has 0 saturated carbocycles. The lowest BCUT2D eigenvalue weighted by molar-refractivity contribution is -0.167. The highest BCUT2D eigenvalue weighted by Gasteiger charge is 2.19. The maximum atomic E-state index is 12.7. The molecule has 6 nitrogen and oxygen atoms in total. The zero-order chi connectivity index (χ0) is 42.3. The van der Waals surface area contributed by atoms with Gasteiger partial charge in [0.1, 0.15) is 13.2 Å². The van der Waals surface area contributed by atoms with Gasteiger partial charge in [0, 0.05) is 19.3 Å². The van der Waals surface area contributed by atoms with Gasteiger partial charge in [-0.1, -0.05) is 171 Å². The van der Waals surface area contributed by atoms with E-state index in [1.54, 1.807) is 0 Å². The highest BCUT2D eigenvalue weighted by Crippen LogP contribution is 2.13. The van der Waals surface area contributed by atoms with Crippen LogP contribution in [0.3, 0.4) is 0 Å². The first-order chi connectivity index (χ1) is 28.5. The summed E-state index contributed by atoms with van der Waals surface area (Å²) in [5.74, 6) is -0.966. The van der Waals surface area contributed by atoms with E-state index < -0.39 is 6.10 Å². The Balaban J connectivity index is 4.46. The Bertz CT molecular complexity index is 1110. The van der Waals surface area contributed by atoms with Crippen molar-refractivity contribution >= 4 is 17.9 Å². The van der Waals surface area contributed by atoms with Crippen LogP contribution in [0.4, 0.5) is 0 Å². The van der Waals surface area contributed by atoms with E-state index in [1.807, 2.05) is 0 Å². The molecule has 58 heavy (non-hydrogen) atoms. The molecule has 0 aliphatic heterocycles. The molecular weight excluding hydrogens is 721 g/mol. The Morgan fingerprint density at radius 3 is 1.12 bits per heavy atom. The number of carbonyl (C=O) groups is 3. The van der Waals surface area contributed by atoms with Crippen molar-refractivity contribution in [2.45, 2.75) is 226 Å². The molecule has 0 rings (SSSR count). The van der Waals surface area contributed by atoms with Gasteiger partial charge in [-0.3, -0.25) is 14.4 Å². The first-order valence-electron chi connectivity index (χ1n) is 23.9. The standard InChI is InChI=1S/C52H88O6/c1-4-7-10-13-16-19-22-25-27-30-33-36-39-42-45-51(54)57-48-49(47-56-50(53)44-41-38-35-32-29-24-21-18-15-12-9-6-3)58-52(55)46-43-40-37-34-31-28-26-23-20-17-14-11-8-5-2/h7,9-10,12,16,18-19,21,28-29,31-32,49H,4-6,8,11,13-15,17,20,22-27,30,33-48H2,1-3H3/b10-7-,12-9-,19-16-,21-18-,31-28-,32-29-. The van der Waals surface area contributed by atoms with Crippen LogP contribution < -0.4 is 0 Å². The Labute approximate surface area is 357 Å². The Kier molecular flexibility index (Phi) is 44.0. The van der Waals surface area contributed by atoms with Gasteiger partial charge in [0.25, 0.3) is 0 Å². The van der Waals surface area contributed by atoms with Crippen LogP contribution >= 0.6 is 0 Å². The zero-order valence-corrected chi connectivity index (χ0v) is 37.8. The van der Waals surface area contributed by atoms with Gasteiger partial charge < -0.3 is 14.2 Å². The lowest BCUT2D eigenvalue weighted by atomic mass is 10.1. The molecule has 0 spiro atoms. The highest BCUT2D eigenvalue weighted by atomic mass is 16.6. The third kappa shape index (κ3) is 44.0. The van der Waals surface area contributed by atoms with Crippen LogP contribution in [0.15, 0.2) is 72.9 Å². The summed E-state index contributed by atoms with van der Waals surface area (Å²) in [6.07, 6.45) is 57.5. The van der Waals surface area contributed by atoms with Crippen molar-refractivity contribution in [3.8, 4) is 0 Å². The van der Waals surface area contributed by atoms with Crippen LogP contribution in [0.25, 0.3) is 0 Å². The molecule has 0 N–H and O–H groups in total.